The van der Waals surface area contributed by atoms with Crippen molar-refractivity contribution in [3.05, 3.63) is 57.8 Å². The predicted molar refractivity (Wildman–Crippen MR) is 77.9 cm³/mol. The Bertz CT molecular complexity index is 731. The largest absolute Gasteiger partial charge is 0.416 e. The van der Waals surface area contributed by atoms with E-state index in [2.05, 4.69) is 21.2 Å². The molecule has 2 aromatic carbocycles. The van der Waals surface area contributed by atoms with Crippen molar-refractivity contribution in [2.75, 3.05) is 11.1 Å². The fourth-order valence-corrected chi connectivity index (χ4v) is 2.14. The first-order chi connectivity index (χ1) is 10.2. The van der Waals surface area contributed by atoms with Crippen LogP contribution in [-0.4, -0.2) is 5.91 Å². The number of carbonyl (C=O) groups is 1. The topological polar surface area (TPSA) is 55.1 Å². The minimum atomic E-state index is -4.53. The summed E-state index contributed by atoms with van der Waals surface area (Å²) in [5, 5.41) is 2.35. The maximum absolute atomic E-state index is 13.2. The summed E-state index contributed by atoms with van der Waals surface area (Å²) in [6.07, 6.45) is -4.53. The highest BCUT2D eigenvalue weighted by Gasteiger charge is 2.30. The molecule has 22 heavy (non-hydrogen) atoms. The molecule has 0 saturated heterocycles. The fourth-order valence-electron chi connectivity index (χ4n) is 1.71. The number of carbonyl (C=O) groups excluding carboxylic acids is 1. The van der Waals surface area contributed by atoms with Gasteiger partial charge in [-0.15, -0.1) is 0 Å². The Kier molecular flexibility index (Phi) is 4.41. The van der Waals surface area contributed by atoms with Crippen molar-refractivity contribution in [1.29, 1.82) is 0 Å². The van der Waals surface area contributed by atoms with Gasteiger partial charge in [-0.2, -0.15) is 13.2 Å². The van der Waals surface area contributed by atoms with E-state index in [1.54, 1.807) is 0 Å². The van der Waals surface area contributed by atoms with Gasteiger partial charge in [-0.3, -0.25) is 4.79 Å². The summed E-state index contributed by atoms with van der Waals surface area (Å²) in [5.74, 6) is -1.31. The summed E-state index contributed by atoms with van der Waals surface area (Å²) in [6.45, 7) is 0. The first-order valence-corrected chi connectivity index (χ1v) is 6.71. The van der Waals surface area contributed by atoms with Crippen LogP contribution in [0, 0.1) is 5.82 Å². The second kappa shape index (κ2) is 5.96. The average molecular weight is 377 g/mol. The molecule has 3 nitrogen and oxygen atoms in total. The minimum Gasteiger partial charge on any atom is -0.397 e. The zero-order valence-corrected chi connectivity index (χ0v) is 12.4. The van der Waals surface area contributed by atoms with Crippen LogP contribution in [0.4, 0.5) is 28.9 Å². The molecule has 0 radical (unpaired) electrons. The second-order valence-corrected chi connectivity index (χ2v) is 5.23. The summed E-state index contributed by atoms with van der Waals surface area (Å²) < 4.78 is 51.1. The van der Waals surface area contributed by atoms with Gasteiger partial charge in [0, 0.05) is 4.47 Å². The van der Waals surface area contributed by atoms with Gasteiger partial charge in [0.1, 0.15) is 5.82 Å². The monoisotopic (exact) mass is 376 g/mol. The van der Waals surface area contributed by atoms with Gasteiger partial charge in [-0.05, 0) is 52.3 Å². The summed E-state index contributed by atoms with van der Waals surface area (Å²) in [5.41, 5.74) is 4.36. The summed E-state index contributed by atoms with van der Waals surface area (Å²) in [7, 11) is 0. The second-order valence-electron chi connectivity index (χ2n) is 4.38. The highest BCUT2D eigenvalue weighted by atomic mass is 79.9. The lowest BCUT2D eigenvalue weighted by Crippen LogP contribution is -2.15. The van der Waals surface area contributed by atoms with Gasteiger partial charge in [0.25, 0.3) is 5.91 Å². The van der Waals surface area contributed by atoms with E-state index in [1.165, 1.54) is 6.07 Å². The Morgan fingerprint density at radius 2 is 1.82 bits per heavy atom. The van der Waals surface area contributed by atoms with Crippen molar-refractivity contribution < 1.29 is 22.4 Å². The van der Waals surface area contributed by atoms with Crippen LogP contribution in [0.3, 0.4) is 0 Å². The van der Waals surface area contributed by atoms with Crippen LogP contribution in [0.1, 0.15) is 15.9 Å². The molecule has 0 aromatic heterocycles. The third-order valence-electron chi connectivity index (χ3n) is 2.80. The van der Waals surface area contributed by atoms with E-state index in [0.29, 0.717) is 4.47 Å². The lowest BCUT2D eigenvalue weighted by Gasteiger charge is -2.12. The van der Waals surface area contributed by atoms with Crippen molar-refractivity contribution in [3.8, 4) is 0 Å². The van der Waals surface area contributed by atoms with Gasteiger partial charge in [-0.1, -0.05) is 0 Å². The SMILES string of the molecule is Nc1cc(C(F)(F)F)ccc1NC(=O)c1cc(F)ccc1Br. The highest BCUT2D eigenvalue weighted by molar-refractivity contribution is 9.10. The van der Waals surface area contributed by atoms with Gasteiger partial charge < -0.3 is 11.1 Å². The van der Waals surface area contributed by atoms with E-state index < -0.39 is 23.5 Å². The van der Waals surface area contributed by atoms with Gasteiger partial charge in [0.2, 0.25) is 0 Å². The number of anilines is 2. The fraction of sp³-hybridized carbons (Fsp3) is 0.0714. The summed E-state index contributed by atoms with van der Waals surface area (Å²) in [6, 6.07) is 6.07. The molecule has 2 aromatic rings. The lowest BCUT2D eigenvalue weighted by molar-refractivity contribution is -0.137. The van der Waals surface area contributed by atoms with Gasteiger partial charge in [0.05, 0.1) is 22.5 Å². The van der Waals surface area contributed by atoms with Gasteiger partial charge in [0.15, 0.2) is 0 Å². The van der Waals surface area contributed by atoms with Crippen molar-refractivity contribution in [2.45, 2.75) is 6.18 Å². The van der Waals surface area contributed by atoms with Gasteiger partial charge in [-0.25, -0.2) is 4.39 Å². The van der Waals surface area contributed by atoms with Crippen LogP contribution in [0.15, 0.2) is 40.9 Å². The Morgan fingerprint density at radius 3 is 2.41 bits per heavy atom. The molecular weight excluding hydrogens is 368 g/mol. The summed E-state index contributed by atoms with van der Waals surface area (Å²) in [4.78, 5) is 12.0. The Labute approximate surface area is 131 Å². The number of amides is 1. The molecule has 0 spiro atoms. The van der Waals surface area contributed by atoms with Crippen molar-refractivity contribution >= 4 is 33.2 Å². The molecule has 0 aliphatic heterocycles. The number of nitrogens with two attached hydrogens (primary N) is 1. The standard InChI is InChI=1S/C14H9BrF4N2O/c15-10-3-2-8(16)6-9(10)13(22)21-12-4-1-7(5-11(12)20)14(17,18)19/h1-6H,20H2,(H,21,22). The molecule has 0 fully saturated rings. The molecule has 1 amide bonds. The van der Waals surface area contributed by atoms with Crippen molar-refractivity contribution in [1.82, 2.24) is 0 Å². The first kappa shape index (κ1) is 16.3. The number of alkyl halides is 3. The number of rotatable bonds is 2. The Balaban J connectivity index is 2.27. The average Bonchev–Trinajstić information content (AvgIpc) is 2.42. The van der Waals surface area contributed by atoms with E-state index in [9.17, 15) is 22.4 Å². The molecule has 0 atom stereocenters. The van der Waals surface area contributed by atoms with E-state index in [1.807, 2.05) is 0 Å². The quantitative estimate of drug-likeness (QED) is 0.601. The van der Waals surface area contributed by atoms with E-state index in [4.69, 9.17) is 5.73 Å². The predicted octanol–water partition coefficient (Wildman–Crippen LogP) is 4.44. The van der Waals surface area contributed by atoms with Crippen LogP contribution in [0.5, 0.6) is 0 Å². The lowest BCUT2D eigenvalue weighted by atomic mass is 10.1. The van der Waals surface area contributed by atoms with Crippen molar-refractivity contribution in [3.63, 3.8) is 0 Å². The molecule has 0 aliphatic rings. The molecule has 0 bridgehead atoms. The van der Waals surface area contributed by atoms with E-state index in [0.717, 1.165) is 30.3 Å². The number of hydrogen-bond acceptors (Lipinski definition) is 2. The van der Waals surface area contributed by atoms with Crippen LogP contribution in [0.2, 0.25) is 0 Å². The maximum Gasteiger partial charge on any atom is 0.416 e. The molecule has 0 heterocycles. The molecule has 0 saturated carbocycles. The van der Waals surface area contributed by atoms with Crippen LogP contribution >= 0.6 is 15.9 Å². The smallest absolute Gasteiger partial charge is 0.397 e. The number of hydrogen-bond donors (Lipinski definition) is 2. The first-order valence-electron chi connectivity index (χ1n) is 5.91. The van der Waals surface area contributed by atoms with Crippen LogP contribution in [0.25, 0.3) is 0 Å². The minimum absolute atomic E-state index is 0.000650. The number of nitrogen functional groups attached to an aromatic ring is 1. The van der Waals surface area contributed by atoms with Crippen LogP contribution < -0.4 is 11.1 Å². The maximum atomic E-state index is 13.2. The summed E-state index contributed by atoms with van der Waals surface area (Å²) >= 11 is 3.09. The third-order valence-corrected chi connectivity index (χ3v) is 3.49. The number of halogens is 5. The molecule has 2 rings (SSSR count). The Hall–Kier alpha value is -2.09. The number of benzene rings is 2. The van der Waals surface area contributed by atoms with Gasteiger partial charge >= 0.3 is 6.18 Å². The third kappa shape index (κ3) is 3.56. The molecule has 8 heteroatoms. The van der Waals surface area contributed by atoms with Crippen molar-refractivity contribution in [2.24, 2.45) is 0 Å². The molecule has 116 valence electrons. The van der Waals surface area contributed by atoms with Crippen LogP contribution in [-0.2, 0) is 6.18 Å². The zero-order valence-electron chi connectivity index (χ0n) is 10.8. The van der Waals surface area contributed by atoms with E-state index in [-0.39, 0.29) is 16.9 Å². The normalized spacial score (nSPS) is 11.3. The molecule has 0 unspecified atom stereocenters. The zero-order chi connectivity index (χ0) is 16.5. The Morgan fingerprint density at radius 1 is 1.14 bits per heavy atom. The highest BCUT2D eigenvalue weighted by Crippen LogP contribution is 2.33. The molecule has 3 N–H and O–H groups in total. The number of nitrogens with one attached hydrogen (secondary N) is 1. The van der Waals surface area contributed by atoms with E-state index >= 15 is 0 Å². The molecule has 0 aliphatic carbocycles. The molecular formula is C14H9BrF4N2O.